The van der Waals surface area contributed by atoms with Crippen LogP contribution in [0.2, 0.25) is 0 Å². The van der Waals surface area contributed by atoms with Crippen LogP contribution in [0.25, 0.3) is 0 Å². The van der Waals surface area contributed by atoms with Gasteiger partial charge in [-0.1, -0.05) is 0 Å². The van der Waals surface area contributed by atoms with Gasteiger partial charge in [-0.05, 0) is 27.7 Å². The van der Waals surface area contributed by atoms with Crippen LogP contribution in [0.4, 0.5) is 0 Å². The van der Waals surface area contributed by atoms with Crippen LogP contribution >= 0.6 is 0 Å². The second-order valence-corrected chi connectivity index (χ2v) is 4.18. The van der Waals surface area contributed by atoms with Gasteiger partial charge in [0.25, 0.3) is 0 Å². The maximum atomic E-state index is 5.38. The number of rotatable bonds is 0. The molecule has 0 unspecified atom stereocenters. The van der Waals surface area contributed by atoms with Gasteiger partial charge in [-0.15, -0.1) is 0 Å². The van der Waals surface area contributed by atoms with Crippen LogP contribution in [0.5, 0.6) is 0 Å². The van der Waals surface area contributed by atoms with Gasteiger partial charge in [0.2, 0.25) is 0 Å². The van der Waals surface area contributed by atoms with Crippen LogP contribution in [0, 0.1) is 0 Å². The van der Waals surface area contributed by atoms with E-state index in [0.29, 0.717) is 13.2 Å². The standard InChI is InChI=1S/C8H16O3/c1-7(2)5-9-6-8(3,4)11-10-7/h5-6H2,1-4H3. The summed E-state index contributed by atoms with van der Waals surface area (Å²) >= 11 is 0. The van der Waals surface area contributed by atoms with Crippen molar-refractivity contribution in [3.05, 3.63) is 0 Å². The third-order valence-corrected chi connectivity index (χ3v) is 1.39. The molecule has 11 heavy (non-hydrogen) atoms. The van der Waals surface area contributed by atoms with Crippen molar-refractivity contribution in [3.63, 3.8) is 0 Å². The highest BCUT2D eigenvalue weighted by atomic mass is 17.2. The van der Waals surface area contributed by atoms with E-state index in [2.05, 4.69) is 0 Å². The Labute approximate surface area is 67.6 Å². The molecule has 0 spiro atoms. The van der Waals surface area contributed by atoms with Crippen molar-refractivity contribution in [1.82, 2.24) is 0 Å². The normalized spacial score (nSPS) is 29.5. The molecule has 1 rings (SSSR count). The molecule has 1 fully saturated rings. The minimum Gasteiger partial charge on any atom is -0.375 e. The predicted octanol–water partition coefficient (Wildman–Crippen LogP) is 1.52. The Bertz CT molecular complexity index is 124. The van der Waals surface area contributed by atoms with Gasteiger partial charge in [-0.25, -0.2) is 9.78 Å². The molecule has 0 N–H and O–H groups in total. The Hall–Kier alpha value is -0.120. The Kier molecular flexibility index (Phi) is 2.23. The van der Waals surface area contributed by atoms with Gasteiger partial charge in [-0.2, -0.15) is 0 Å². The number of ether oxygens (including phenoxy) is 1. The van der Waals surface area contributed by atoms with Gasteiger partial charge in [-0.3, -0.25) is 0 Å². The Morgan fingerprint density at radius 2 is 1.18 bits per heavy atom. The van der Waals surface area contributed by atoms with E-state index in [-0.39, 0.29) is 11.2 Å². The van der Waals surface area contributed by atoms with Crippen molar-refractivity contribution >= 4 is 0 Å². The Morgan fingerprint density at radius 3 is 1.55 bits per heavy atom. The SMILES string of the molecule is CC1(C)COCC(C)(C)OO1. The van der Waals surface area contributed by atoms with E-state index in [9.17, 15) is 0 Å². The molecule has 0 bridgehead atoms. The lowest BCUT2D eigenvalue weighted by Gasteiger charge is -2.22. The van der Waals surface area contributed by atoms with Gasteiger partial charge < -0.3 is 4.74 Å². The molecule has 0 amide bonds. The molecule has 66 valence electrons. The fourth-order valence-electron chi connectivity index (χ4n) is 0.816. The first kappa shape index (κ1) is 8.97. The summed E-state index contributed by atoms with van der Waals surface area (Å²) < 4.78 is 5.38. The predicted molar refractivity (Wildman–Crippen MR) is 41.1 cm³/mol. The van der Waals surface area contributed by atoms with Crippen LogP contribution in [0.3, 0.4) is 0 Å². The zero-order chi connectivity index (χ0) is 8.54. The lowest BCUT2D eigenvalue weighted by molar-refractivity contribution is -0.388. The van der Waals surface area contributed by atoms with Crippen LogP contribution in [-0.4, -0.2) is 24.4 Å². The van der Waals surface area contributed by atoms with Gasteiger partial charge in [0.15, 0.2) is 0 Å². The zero-order valence-electron chi connectivity index (χ0n) is 7.64. The molecule has 0 aromatic rings. The first-order valence-electron chi connectivity index (χ1n) is 3.86. The smallest absolute Gasteiger partial charge is 0.121 e. The molecule has 1 aliphatic heterocycles. The van der Waals surface area contributed by atoms with Gasteiger partial charge in [0, 0.05) is 0 Å². The van der Waals surface area contributed by atoms with Crippen molar-refractivity contribution in [3.8, 4) is 0 Å². The quantitative estimate of drug-likeness (QED) is 0.503. The first-order valence-corrected chi connectivity index (χ1v) is 3.86. The van der Waals surface area contributed by atoms with E-state index < -0.39 is 0 Å². The van der Waals surface area contributed by atoms with E-state index in [0.717, 1.165) is 0 Å². The highest BCUT2D eigenvalue weighted by Gasteiger charge is 2.31. The third kappa shape index (κ3) is 2.77. The molecule has 0 atom stereocenters. The Balaban J connectivity index is 2.53. The lowest BCUT2D eigenvalue weighted by Crippen LogP contribution is -2.30. The average Bonchev–Trinajstić information content (AvgIpc) is 1.92. The summed E-state index contributed by atoms with van der Waals surface area (Å²) in [6, 6.07) is 0. The van der Waals surface area contributed by atoms with Crippen LogP contribution < -0.4 is 0 Å². The summed E-state index contributed by atoms with van der Waals surface area (Å²) in [5.41, 5.74) is -0.651. The molecule has 0 saturated carbocycles. The maximum absolute atomic E-state index is 5.38. The third-order valence-electron chi connectivity index (χ3n) is 1.39. The average molecular weight is 160 g/mol. The van der Waals surface area contributed by atoms with E-state index in [1.165, 1.54) is 0 Å². The zero-order valence-corrected chi connectivity index (χ0v) is 7.64. The van der Waals surface area contributed by atoms with Gasteiger partial charge in [0.1, 0.15) is 11.2 Å². The summed E-state index contributed by atoms with van der Waals surface area (Å²) in [5.74, 6) is 0. The minimum absolute atomic E-state index is 0.326. The van der Waals surface area contributed by atoms with E-state index in [1.807, 2.05) is 27.7 Å². The second kappa shape index (κ2) is 2.73. The molecular formula is C8H16O3. The van der Waals surface area contributed by atoms with Crippen LogP contribution in [0.1, 0.15) is 27.7 Å². The topological polar surface area (TPSA) is 27.7 Å². The van der Waals surface area contributed by atoms with E-state index in [4.69, 9.17) is 14.5 Å². The first-order chi connectivity index (χ1) is 4.91. The van der Waals surface area contributed by atoms with Crippen LogP contribution in [0.15, 0.2) is 0 Å². The summed E-state index contributed by atoms with van der Waals surface area (Å²) in [6.07, 6.45) is 0. The highest BCUT2D eigenvalue weighted by Crippen LogP contribution is 2.21. The monoisotopic (exact) mass is 160 g/mol. The molecule has 3 heteroatoms. The van der Waals surface area contributed by atoms with Crippen molar-refractivity contribution < 1.29 is 14.5 Å². The molecule has 3 nitrogen and oxygen atoms in total. The van der Waals surface area contributed by atoms with Gasteiger partial charge in [0.05, 0.1) is 13.2 Å². The summed E-state index contributed by atoms with van der Waals surface area (Å²) in [5, 5.41) is 0. The molecule has 0 aliphatic carbocycles. The summed E-state index contributed by atoms with van der Waals surface area (Å²) in [7, 11) is 0. The Morgan fingerprint density at radius 1 is 0.818 bits per heavy atom. The molecule has 1 heterocycles. The van der Waals surface area contributed by atoms with Crippen molar-refractivity contribution in [1.29, 1.82) is 0 Å². The maximum Gasteiger partial charge on any atom is 0.121 e. The number of hydrogen-bond donors (Lipinski definition) is 0. The molecular weight excluding hydrogens is 144 g/mol. The fourth-order valence-corrected chi connectivity index (χ4v) is 0.816. The van der Waals surface area contributed by atoms with E-state index in [1.54, 1.807) is 0 Å². The van der Waals surface area contributed by atoms with E-state index >= 15 is 0 Å². The van der Waals surface area contributed by atoms with Crippen molar-refractivity contribution in [2.24, 2.45) is 0 Å². The molecule has 1 aliphatic rings. The number of hydrogen-bond acceptors (Lipinski definition) is 3. The van der Waals surface area contributed by atoms with Gasteiger partial charge >= 0.3 is 0 Å². The van der Waals surface area contributed by atoms with Crippen LogP contribution in [-0.2, 0) is 14.5 Å². The van der Waals surface area contributed by atoms with Crippen molar-refractivity contribution in [2.45, 2.75) is 38.9 Å². The summed E-state index contributed by atoms with van der Waals surface area (Å²) in [4.78, 5) is 10.4. The van der Waals surface area contributed by atoms with Crippen molar-refractivity contribution in [2.75, 3.05) is 13.2 Å². The highest BCUT2D eigenvalue weighted by molar-refractivity contribution is 4.73. The molecule has 0 aromatic carbocycles. The largest absolute Gasteiger partial charge is 0.375 e. The second-order valence-electron chi connectivity index (χ2n) is 4.18. The molecule has 0 aromatic heterocycles. The fraction of sp³-hybridized carbons (Fsp3) is 1.00. The minimum atomic E-state index is -0.326. The molecule has 0 radical (unpaired) electrons. The lowest BCUT2D eigenvalue weighted by atomic mass is 10.1. The molecule has 1 saturated heterocycles. The summed E-state index contributed by atoms with van der Waals surface area (Å²) in [6.45, 7) is 8.92.